The molecule has 0 radical (unpaired) electrons. The number of aromatic nitrogens is 2. The summed E-state index contributed by atoms with van der Waals surface area (Å²) in [4.78, 5) is 0. The fraction of sp³-hybridized carbons (Fsp3) is 0.357. The van der Waals surface area contributed by atoms with E-state index in [1.165, 1.54) is 6.07 Å². The van der Waals surface area contributed by atoms with Gasteiger partial charge < -0.3 is 5.11 Å². The molecule has 0 spiro atoms. The highest BCUT2D eigenvalue weighted by molar-refractivity contribution is 5.23. The van der Waals surface area contributed by atoms with Crippen LogP contribution in [0, 0.1) is 18.6 Å². The number of rotatable bonds is 4. The highest BCUT2D eigenvalue weighted by Gasteiger charge is 2.16. The Morgan fingerprint density at radius 2 is 2.05 bits per heavy atom. The highest BCUT2D eigenvalue weighted by Crippen LogP contribution is 2.22. The summed E-state index contributed by atoms with van der Waals surface area (Å²) in [7, 11) is 0. The van der Waals surface area contributed by atoms with Crippen LogP contribution in [0.4, 0.5) is 8.78 Å². The number of hydrogen-bond donors (Lipinski definition) is 1. The topological polar surface area (TPSA) is 38.0 Å². The molecule has 0 saturated carbocycles. The number of nitrogens with zero attached hydrogens (tertiary/aromatic N) is 2. The Kier molecular flexibility index (Phi) is 3.95. The van der Waals surface area contributed by atoms with Crippen LogP contribution in [-0.2, 0) is 13.0 Å². The number of hydrogen-bond acceptors (Lipinski definition) is 2. The number of benzene rings is 1. The maximum Gasteiger partial charge on any atom is 0.131 e. The van der Waals surface area contributed by atoms with E-state index in [9.17, 15) is 13.9 Å². The monoisotopic (exact) mass is 266 g/mol. The van der Waals surface area contributed by atoms with Crippen molar-refractivity contribution in [1.29, 1.82) is 0 Å². The molecule has 2 rings (SSSR count). The number of aliphatic hydroxyl groups excluding tert-OH is 1. The van der Waals surface area contributed by atoms with Gasteiger partial charge in [0, 0.05) is 30.3 Å². The second kappa shape index (κ2) is 5.48. The lowest BCUT2D eigenvalue weighted by molar-refractivity contribution is 0.170. The Morgan fingerprint density at radius 1 is 1.32 bits per heavy atom. The van der Waals surface area contributed by atoms with Crippen molar-refractivity contribution in [2.75, 3.05) is 0 Å². The van der Waals surface area contributed by atoms with Crippen LogP contribution in [0.15, 0.2) is 24.3 Å². The molecule has 0 amide bonds. The molecule has 5 heteroatoms. The fourth-order valence-corrected chi connectivity index (χ4v) is 2.12. The van der Waals surface area contributed by atoms with Crippen molar-refractivity contribution in [3.05, 3.63) is 52.9 Å². The van der Waals surface area contributed by atoms with Gasteiger partial charge in [-0.15, -0.1) is 0 Å². The summed E-state index contributed by atoms with van der Waals surface area (Å²) in [5.41, 5.74) is 1.78. The summed E-state index contributed by atoms with van der Waals surface area (Å²) in [5.74, 6) is -1.38. The maximum atomic E-state index is 13.6. The van der Waals surface area contributed by atoms with Crippen molar-refractivity contribution >= 4 is 0 Å². The van der Waals surface area contributed by atoms with Crippen LogP contribution in [-0.4, -0.2) is 14.9 Å². The summed E-state index contributed by atoms with van der Waals surface area (Å²) in [6, 6.07) is 5.05. The van der Waals surface area contributed by atoms with Gasteiger partial charge >= 0.3 is 0 Å². The molecule has 1 N–H and O–H groups in total. The molecule has 1 atom stereocenters. The Labute approximate surface area is 110 Å². The van der Waals surface area contributed by atoms with Crippen molar-refractivity contribution in [1.82, 2.24) is 9.78 Å². The SMILES string of the molecule is CCn1nc(C)cc1CC(O)c1ccc(F)cc1F. The maximum absolute atomic E-state index is 13.6. The molecule has 0 fully saturated rings. The summed E-state index contributed by atoms with van der Waals surface area (Å²) in [6.07, 6.45) is -0.765. The first-order valence-electron chi connectivity index (χ1n) is 6.17. The van der Waals surface area contributed by atoms with E-state index < -0.39 is 17.7 Å². The molecule has 0 aliphatic rings. The smallest absolute Gasteiger partial charge is 0.131 e. The van der Waals surface area contributed by atoms with Crippen molar-refractivity contribution in [2.45, 2.75) is 32.9 Å². The van der Waals surface area contributed by atoms with Crippen molar-refractivity contribution in [3.63, 3.8) is 0 Å². The largest absolute Gasteiger partial charge is 0.388 e. The van der Waals surface area contributed by atoms with Crippen molar-refractivity contribution in [2.24, 2.45) is 0 Å². The first-order chi connectivity index (χ1) is 9.01. The summed E-state index contributed by atoms with van der Waals surface area (Å²) in [6.45, 7) is 4.49. The third-order valence-corrected chi connectivity index (χ3v) is 3.01. The molecule has 1 heterocycles. The standard InChI is InChI=1S/C14H16F2N2O/c1-3-18-11(6-9(2)17-18)8-14(19)12-5-4-10(15)7-13(12)16/h4-7,14,19H,3,8H2,1-2H3. The van der Waals surface area contributed by atoms with E-state index in [4.69, 9.17) is 0 Å². The first-order valence-corrected chi connectivity index (χ1v) is 6.17. The molecule has 1 aromatic carbocycles. The molecule has 0 aliphatic carbocycles. The lowest BCUT2D eigenvalue weighted by Crippen LogP contribution is -2.09. The normalized spacial score (nSPS) is 12.7. The number of halogens is 2. The average Bonchev–Trinajstić information content (AvgIpc) is 2.69. The predicted molar refractivity (Wildman–Crippen MR) is 67.7 cm³/mol. The minimum Gasteiger partial charge on any atom is -0.388 e. The van der Waals surface area contributed by atoms with Crippen LogP contribution in [0.2, 0.25) is 0 Å². The van der Waals surface area contributed by atoms with E-state index in [1.807, 2.05) is 19.9 Å². The lowest BCUT2D eigenvalue weighted by atomic mass is 10.0. The predicted octanol–water partition coefficient (Wildman–Crippen LogP) is 2.77. The Bertz CT molecular complexity index is 581. The summed E-state index contributed by atoms with van der Waals surface area (Å²) in [5, 5.41) is 14.3. The van der Waals surface area contributed by atoms with Gasteiger partial charge in [-0.2, -0.15) is 5.10 Å². The van der Waals surface area contributed by atoms with Gasteiger partial charge in [0.05, 0.1) is 11.8 Å². The van der Waals surface area contributed by atoms with Gasteiger partial charge in [-0.3, -0.25) is 4.68 Å². The number of aryl methyl sites for hydroxylation is 2. The van der Waals surface area contributed by atoms with Gasteiger partial charge in [0.1, 0.15) is 11.6 Å². The van der Waals surface area contributed by atoms with Crippen LogP contribution < -0.4 is 0 Å². The van der Waals surface area contributed by atoms with E-state index in [0.717, 1.165) is 23.5 Å². The van der Waals surface area contributed by atoms with Crippen molar-refractivity contribution < 1.29 is 13.9 Å². The van der Waals surface area contributed by atoms with Crippen LogP contribution >= 0.6 is 0 Å². The molecular formula is C14H16F2N2O. The zero-order chi connectivity index (χ0) is 14.0. The minimum atomic E-state index is -1.01. The highest BCUT2D eigenvalue weighted by atomic mass is 19.1. The zero-order valence-electron chi connectivity index (χ0n) is 10.9. The van der Waals surface area contributed by atoms with Gasteiger partial charge in [-0.1, -0.05) is 6.07 Å². The van der Waals surface area contributed by atoms with E-state index in [2.05, 4.69) is 5.10 Å². The molecule has 0 bridgehead atoms. The van der Waals surface area contributed by atoms with Gasteiger partial charge in [0.25, 0.3) is 0 Å². The molecule has 1 aromatic heterocycles. The second-order valence-corrected chi connectivity index (χ2v) is 4.48. The molecule has 19 heavy (non-hydrogen) atoms. The van der Waals surface area contributed by atoms with Crippen LogP contribution in [0.25, 0.3) is 0 Å². The fourth-order valence-electron chi connectivity index (χ4n) is 2.12. The minimum absolute atomic E-state index is 0.0999. The molecule has 2 aromatic rings. The van der Waals surface area contributed by atoms with E-state index >= 15 is 0 Å². The average molecular weight is 266 g/mol. The quantitative estimate of drug-likeness (QED) is 0.924. The van der Waals surface area contributed by atoms with Gasteiger partial charge in [-0.25, -0.2) is 8.78 Å². The molecule has 102 valence electrons. The summed E-state index contributed by atoms with van der Waals surface area (Å²) < 4.78 is 28.2. The Hall–Kier alpha value is -1.75. The molecule has 0 saturated heterocycles. The summed E-state index contributed by atoms with van der Waals surface area (Å²) >= 11 is 0. The van der Waals surface area contributed by atoms with Crippen LogP contribution in [0.1, 0.15) is 30.0 Å². The Balaban J connectivity index is 2.22. The molecule has 1 unspecified atom stereocenters. The third kappa shape index (κ3) is 2.98. The Morgan fingerprint density at radius 3 is 2.68 bits per heavy atom. The molecular weight excluding hydrogens is 250 g/mol. The lowest BCUT2D eigenvalue weighted by Gasteiger charge is -2.12. The third-order valence-electron chi connectivity index (χ3n) is 3.01. The number of aliphatic hydroxyl groups is 1. The molecule has 0 aliphatic heterocycles. The molecule has 3 nitrogen and oxygen atoms in total. The van der Waals surface area contributed by atoms with Gasteiger partial charge in [0.15, 0.2) is 0 Å². The van der Waals surface area contributed by atoms with Crippen LogP contribution in [0.3, 0.4) is 0 Å². The van der Waals surface area contributed by atoms with Crippen molar-refractivity contribution in [3.8, 4) is 0 Å². The van der Waals surface area contributed by atoms with Gasteiger partial charge in [0.2, 0.25) is 0 Å². The van der Waals surface area contributed by atoms with Crippen LogP contribution in [0.5, 0.6) is 0 Å². The first kappa shape index (κ1) is 13.7. The van der Waals surface area contributed by atoms with E-state index in [1.54, 1.807) is 4.68 Å². The zero-order valence-corrected chi connectivity index (χ0v) is 10.9. The van der Waals surface area contributed by atoms with E-state index in [-0.39, 0.29) is 12.0 Å². The second-order valence-electron chi connectivity index (χ2n) is 4.48. The van der Waals surface area contributed by atoms with E-state index in [0.29, 0.717) is 6.54 Å². The van der Waals surface area contributed by atoms with Gasteiger partial charge in [-0.05, 0) is 26.0 Å².